The Morgan fingerprint density at radius 3 is 2.71 bits per heavy atom. The SMILES string of the molecule is CN(c1ccccc1)c1ccc(C(=O)N2C[C@@H](F)C[C@H]2CO)cn1. The van der Waals surface area contributed by atoms with Crippen molar-refractivity contribution in [3.8, 4) is 0 Å². The van der Waals surface area contributed by atoms with Gasteiger partial charge in [-0.25, -0.2) is 9.37 Å². The van der Waals surface area contributed by atoms with E-state index in [0.29, 0.717) is 11.4 Å². The Morgan fingerprint density at radius 2 is 2.08 bits per heavy atom. The van der Waals surface area contributed by atoms with Crippen LogP contribution in [0.1, 0.15) is 16.8 Å². The lowest BCUT2D eigenvalue weighted by Crippen LogP contribution is -2.37. The molecular weight excluding hydrogens is 309 g/mol. The molecule has 0 spiro atoms. The number of anilines is 2. The van der Waals surface area contributed by atoms with Crippen molar-refractivity contribution in [2.24, 2.45) is 0 Å². The van der Waals surface area contributed by atoms with Crippen LogP contribution >= 0.6 is 0 Å². The number of aromatic nitrogens is 1. The molecule has 2 heterocycles. The molecule has 1 aliphatic heterocycles. The molecule has 0 aliphatic carbocycles. The summed E-state index contributed by atoms with van der Waals surface area (Å²) < 4.78 is 13.5. The lowest BCUT2D eigenvalue weighted by Gasteiger charge is -2.23. The van der Waals surface area contributed by atoms with Gasteiger partial charge in [0.15, 0.2) is 0 Å². The summed E-state index contributed by atoms with van der Waals surface area (Å²) >= 11 is 0. The van der Waals surface area contributed by atoms with E-state index >= 15 is 0 Å². The summed E-state index contributed by atoms with van der Waals surface area (Å²) in [6.45, 7) is -0.204. The summed E-state index contributed by atoms with van der Waals surface area (Å²) in [6.07, 6.45) is 0.601. The van der Waals surface area contributed by atoms with Crippen LogP contribution in [0.25, 0.3) is 0 Å². The fraction of sp³-hybridized carbons (Fsp3) is 0.333. The van der Waals surface area contributed by atoms with Crippen LogP contribution in [0.15, 0.2) is 48.7 Å². The van der Waals surface area contributed by atoms with E-state index in [1.165, 1.54) is 11.1 Å². The minimum absolute atomic E-state index is 0.0235. The van der Waals surface area contributed by atoms with Crippen LogP contribution in [-0.4, -0.2) is 53.3 Å². The van der Waals surface area contributed by atoms with Gasteiger partial charge >= 0.3 is 0 Å². The minimum atomic E-state index is -1.08. The molecule has 3 rings (SSSR count). The van der Waals surface area contributed by atoms with E-state index in [0.717, 1.165) is 5.69 Å². The molecule has 1 aliphatic rings. The number of rotatable bonds is 4. The monoisotopic (exact) mass is 329 g/mol. The standard InChI is InChI=1S/C18H20FN3O2/c1-21(15-5-3-2-4-6-15)17-8-7-13(10-20-17)18(24)22-11-14(19)9-16(22)12-23/h2-8,10,14,16,23H,9,11-12H2,1H3/t14-,16-/m0/s1. The number of nitrogens with zero attached hydrogens (tertiary/aromatic N) is 3. The zero-order chi connectivity index (χ0) is 17.1. The fourth-order valence-electron chi connectivity index (χ4n) is 2.94. The molecule has 5 nitrogen and oxygen atoms in total. The third-order valence-electron chi connectivity index (χ3n) is 4.32. The van der Waals surface area contributed by atoms with Crippen LogP contribution in [-0.2, 0) is 0 Å². The highest BCUT2D eigenvalue weighted by molar-refractivity contribution is 5.94. The van der Waals surface area contributed by atoms with Gasteiger partial charge in [0.1, 0.15) is 12.0 Å². The van der Waals surface area contributed by atoms with E-state index in [4.69, 9.17) is 0 Å². The Kier molecular flexibility index (Phi) is 4.76. The number of hydrogen-bond acceptors (Lipinski definition) is 4. The van der Waals surface area contributed by atoms with Crippen LogP contribution in [0.3, 0.4) is 0 Å². The van der Waals surface area contributed by atoms with Gasteiger partial charge in [0.2, 0.25) is 0 Å². The van der Waals surface area contributed by atoms with Crippen LogP contribution in [0.2, 0.25) is 0 Å². The van der Waals surface area contributed by atoms with Crippen molar-refractivity contribution in [1.29, 1.82) is 0 Å². The molecule has 2 atom stereocenters. The maximum atomic E-state index is 13.5. The normalized spacial score (nSPS) is 20.2. The number of hydrogen-bond donors (Lipinski definition) is 1. The molecule has 126 valence electrons. The summed E-state index contributed by atoms with van der Waals surface area (Å²) in [5.74, 6) is 0.414. The van der Waals surface area contributed by atoms with Crippen molar-refractivity contribution in [3.05, 3.63) is 54.2 Å². The smallest absolute Gasteiger partial charge is 0.255 e. The molecule has 6 heteroatoms. The first-order chi connectivity index (χ1) is 11.6. The average Bonchev–Trinajstić information content (AvgIpc) is 3.02. The van der Waals surface area contributed by atoms with E-state index in [1.54, 1.807) is 12.1 Å². The number of aliphatic hydroxyl groups excluding tert-OH is 1. The van der Waals surface area contributed by atoms with Crippen LogP contribution in [0.4, 0.5) is 15.9 Å². The molecular formula is C18H20FN3O2. The lowest BCUT2D eigenvalue weighted by molar-refractivity contribution is 0.0672. The molecule has 0 saturated carbocycles. The lowest BCUT2D eigenvalue weighted by atomic mass is 10.2. The van der Waals surface area contributed by atoms with Crippen molar-refractivity contribution in [3.63, 3.8) is 0 Å². The Balaban J connectivity index is 1.76. The Hall–Kier alpha value is -2.47. The van der Waals surface area contributed by atoms with Crippen molar-refractivity contribution in [2.45, 2.75) is 18.6 Å². The first-order valence-corrected chi connectivity index (χ1v) is 7.91. The summed E-state index contributed by atoms with van der Waals surface area (Å²) in [4.78, 5) is 20.2. The zero-order valence-electron chi connectivity index (χ0n) is 13.5. The zero-order valence-corrected chi connectivity index (χ0v) is 13.5. The van der Waals surface area contributed by atoms with Gasteiger partial charge in [-0.05, 0) is 24.3 Å². The maximum Gasteiger partial charge on any atom is 0.255 e. The predicted molar refractivity (Wildman–Crippen MR) is 90.2 cm³/mol. The number of benzene rings is 1. The van der Waals surface area contributed by atoms with E-state index < -0.39 is 12.2 Å². The third-order valence-corrected chi connectivity index (χ3v) is 4.32. The molecule has 24 heavy (non-hydrogen) atoms. The number of carbonyl (C=O) groups is 1. The van der Waals surface area contributed by atoms with Crippen LogP contribution in [0, 0.1) is 0 Å². The van der Waals surface area contributed by atoms with Crippen LogP contribution in [0.5, 0.6) is 0 Å². The van der Waals surface area contributed by atoms with Gasteiger partial charge in [-0.2, -0.15) is 0 Å². The highest BCUT2D eigenvalue weighted by Gasteiger charge is 2.35. The summed E-state index contributed by atoms with van der Waals surface area (Å²) in [6, 6.07) is 12.8. The molecule has 0 radical (unpaired) electrons. The van der Waals surface area contributed by atoms with Gasteiger partial charge in [-0.3, -0.25) is 4.79 Å². The number of aliphatic hydroxyl groups is 1. The van der Waals surface area contributed by atoms with Gasteiger partial charge < -0.3 is 14.9 Å². The first-order valence-electron chi connectivity index (χ1n) is 7.91. The molecule has 1 N–H and O–H groups in total. The highest BCUT2D eigenvalue weighted by Crippen LogP contribution is 2.24. The molecule has 0 bridgehead atoms. The van der Waals surface area contributed by atoms with Crippen molar-refractivity contribution in [2.75, 3.05) is 25.1 Å². The Bertz CT molecular complexity index is 693. The van der Waals surface area contributed by atoms with E-state index in [1.807, 2.05) is 42.3 Å². The van der Waals surface area contributed by atoms with Gasteiger partial charge in [-0.15, -0.1) is 0 Å². The van der Waals surface area contributed by atoms with E-state index in [-0.39, 0.29) is 25.5 Å². The molecule has 1 amide bonds. The molecule has 1 fully saturated rings. The first kappa shape index (κ1) is 16.4. The molecule has 1 aromatic carbocycles. The Labute approximate surface area is 140 Å². The second kappa shape index (κ2) is 6.97. The average molecular weight is 329 g/mol. The van der Waals surface area contributed by atoms with Gasteiger partial charge in [0.05, 0.1) is 24.8 Å². The van der Waals surface area contributed by atoms with Gasteiger partial charge in [-0.1, -0.05) is 18.2 Å². The molecule has 0 unspecified atom stereocenters. The van der Waals surface area contributed by atoms with Gasteiger partial charge in [0, 0.05) is 25.4 Å². The summed E-state index contributed by atoms with van der Waals surface area (Å²) in [7, 11) is 1.90. The number of para-hydroxylation sites is 1. The topological polar surface area (TPSA) is 56.7 Å². The second-order valence-electron chi connectivity index (χ2n) is 5.93. The third kappa shape index (κ3) is 3.23. The number of amides is 1. The van der Waals surface area contributed by atoms with Crippen molar-refractivity contribution < 1.29 is 14.3 Å². The maximum absolute atomic E-state index is 13.5. The second-order valence-corrected chi connectivity index (χ2v) is 5.93. The number of halogens is 1. The number of carbonyl (C=O) groups excluding carboxylic acids is 1. The number of likely N-dealkylation sites (tertiary alicyclic amines) is 1. The summed E-state index contributed by atoms with van der Waals surface area (Å²) in [5, 5.41) is 9.31. The predicted octanol–water partition coefficient (Wildman–Crippen LogP) is 2.39. The quantitative estimate of drug-likeness (QED) is 0.936. The van der Waals surface area contributed by atoms with E-state index in [2.05, 4.69) is 4.98 Å². The molecule has 1 aromatic heterocycles. The largest absolute Gasteiger partial charge is 0.394 e. The van der Waals surface area contributed by atoms with Crippen molar-refractivity contribution >= 4 is 17.4 Å². The van der Waals surface area contributed by atoms with Gasteiger partial charge in [0.25, 0.3) is 5.91 Å². The molecule has 2 aromatic rings. The summed E-state index contributed by atoms with van der Waals surface area (Å²) in [5.41, 5.74) is 1.39. The van der Waals surface area contributed by atoms with Crippen LogP contribution < -0.4 is 4.90 Å². The fourth-order valence-corrected chi connectivity index (χ4v) is 2.94. The molecule has 1 saturated heterocycles. The highest BCUT2D eigenvalue weighted by atomic mass is 19.1. The minimum Gasteiger partial charge on any atom is -0.394 e. The van der Waals surface area contributed by atoms with Crippen molar-refractivity contribution in [1.82, 2.24) is 9.88 Å². The number of alkyl halides is 1. The Morgan fingerprint density at radius 1 is 1.33 bits per heavy atom. The number of pyridine rings is 1. The van der Waals surface area contributed by atoms with E-state index in [9.17, 15) is 14.3 Å².